The van der Waals surface area contributed by atoms with Crippen LogP contribution in [-0.4, -0.2) is 22.9 Å². The molecule has 0 saturated carbocycles. The van der Waals surface area contributed by atoms with Gasteiger partial charge in [0.1, 0.15) is 5.25 Å². The van der Waals surface area contributed by atoms with Crippen molar-refractivity contribution in [3.05, 3.63) is 125 Å². The second-order valence-corrected chi connectivity index (χ2v) is 9.38. The van der Waals surface area contributed by atoms with Crippen molar-refractivity contribution in [2.24, 2.45) is 0 Å². The molecule has 0 saturated heterocycles. The molecule has 0 aliphatic heterocycles. The number of aromatic carboxylic acids is 1. The Morgan fingerprint density at radius 1 is 0.722 bits per heavy atom. The molecular weight excluding hydrogens is 496 g/mol. The van der Waals surface area contributed by atoms with Crippen LogP contribution in [-0.2, 0) is 4.79 Å². The molecule has 4 rings (SSSR count). The van der Waals surface area contributed by atoms with Crippen LogP contribution in [0.15, 0.2) is 108 Å². The lowest BCUT2D eigenvalue weighted by atomic mass is 10.1. The number of thioether (sulfide) groups is 1. The Morgan fingerprint density at radius 3 is 2.00 bits per heavy atom. The second kappa shape index (κ2) is 11.6. The van der Waals surface area contributed by atoms with E-state index in [4.69, 9.17) is 16.7 Å². The van der Waals surface area contributed by atoms with E-state index >= 15 is 0 Å². The van der Waals surface area contributed by atoms with Crippen molar-refractivity contribution in [2.45, 2.75) is 10.1 Å². The average Bonchev–Trinajstić information content (AvgIpc) is 2.89. The van der Waals surface area contributed by atoms with E-state index in [-0.39, 0.29) is 17.4 Å². The fraction of sp³-hybridized carbons (Fsp3) is 0.0357. The number of benzene rings is 4. The molecule has 3 N–H and O–H groups in total. The van der Waals surface area contributed by atoms with Crippen molar-refractivity contribution in [3.8, 4) is 0 Å². The van der Waals surface area contributed by atoms with E-state index in [2.05, 4.69) is 10.6 Å². The fourth-order valence-electron chi connectivity index (χ4n) is 3.39. The van der Waals surface area contributed by atoms with Crippen LogP contribution in [0.25, 0.3) is 0 Å². The van der Waals surface area contributed by atoms with Gasteiger partial charge in [-0.3, -0.25) is 9.59 Å². The minimum absolute atomic E-state index is 0.143. The molecule has 0 fully saturated rings. The van der Waals surface area contributed by atoms with Gasteiger partial charge in [-0.2, -0.15) is 0 Å². The number of hydrogen-bond donors (Lipinski definition) is 3. The van der Waals surface area contributed by atoms with Gasteiger partial charge in [0.15, 0.2) is 0 Å². The van der Waals surface area contributed by atoms with Crippen molar-refractivity contribution >= 4 is 52.5 Å². The maximum Gasteiger partial charge on any atom is 0.335 e. The third-order valence-electron chi connectivity index (χ3n) is 5.19. The summed E-state index contributed by atoms with van der Waals surface area (Å²) in [4.78, 5) is 37.6. The topological polar surface area (TPSA) is 95.5 Å². The summed E-state index contributed by atoms with van der Waals surface area (Å²) in [5.74, 6) is -1.54. The molecule has 0 aliphatic rings. The molecule has 0 bridgehead atoms. The number of anilines is 2. The Hall–Kier alpha value is -4.07. The summed E-state index contributed by atoms with van der Waals surface area (Å²) in [6, 6.07) is 29.3. The second-order valence-electron chi connectivity index (χ2n) is 7.77. The molecule has 6 nitrogen and oxygen atoms in total. The molecule has 1 atom stereocenters. The predicted octanol–water partition coefficient (Wildman–Crippen LogP) is 6.76. The molecule has 8 heteroatoms. The SMILES string of the molecule is O=C(O)c1ccc(NC(=O)C(Sc2ccc(NC(=O)c3cccc(Cl)c3)cc2)c2ccccc2)cc1. The number of carboxylic acid groups (broad SMARTS) is 1. The molecule has 0 aromatic heterocycles. The van der Waals surface area contributed by atoms with Crippen LogP contribution < -0.4 is 10.6 Å². The van der Waals surface area contributed by atoms with Crippen LogP contribution in [0.1, 0.15) is 31.5 Å². The Bertz CT molecular complexity index is 1380. The third kappa shape index (κ3) is 6.53. The molecule has 180 valence electrons. The zero-order valence-electron chi connectivity index (χ0n) is 18.9. The van der Waals surface area contributed by atoms with E-state index in [1.165, 1.54) is 23.9 Å². The number of nitrogens with one attached hydrogen (secondary N) is 2. The standard InChI is InChI=1S/C28H21ClN2O4S/c29-21-8-4-7-20(17-21)26(32)30-23-13-15-24(16-14-23)36-25(18-5-2-1-3-6-18)27(33)31-22-11-9-19(10-12-22)28(34)35/h1-17,25H,(H,30,32)(H,31,33)(H,34,35). The smallest absolute Gasteiger partial charge is 0.335 e. The number of amides is 2. The first kappa shape index (κ1) is 25.0. The molecule has 4 aromatic carbocycles. The number of carbonyl (C=O) groups excluding carboxylic acids is 2. The monoisotopic (exact) mass is 516 g/mol. The van der Waals surface area contributed by atoms with Gasteiger partial charge in [-0.15, -0.1) is 11.8 Å². The Balaban J connectivity index is 1.48. The van der Waals surface area contributed by atoms with E-state index in [0.29, 0.717) is 22.0 Å². The van der Waals surface area contributed by atoms with Crippen LogP contribution in [0, 0.1) is 0 Å². The summed E-state index contributed by atoms with van der Waals surface area (Å²) in [7, 11) is 0. The molecule has 2 amide bonds. The van der Waals surface area contributed by atoms with Crippen molar-refractivity contribution < 1.29 is 19.5 Å². The van der Waals surface area contributed by atoms with E-state index in [1.807, 2.05) is 42.5 Å². The van der Waals surface area contributed by atoms with Crippen LogP contribution in [0.3, 0.4) is 0 Å². The lowest BCUT2D eigenvalue weighted by Crippen LogP contribution is -2.19. The van der Waals surface area contributed by atoms with E-state index < -0.39 is 11.2 Å². The zero-order valence-corrected chi connectivity index (χ0v) is 20.4. The predicted molar refractivity (Wildman–Crippen MR) is 143 cm³/mol. The quantitative estimate of drug-likeness (QED) is 0.225. The number of rotatable bonds is 8. The highest BCUT2D eigenvalue weighted by Crippen LogP contribution is 2.36. The van der Waals surface area contributed by atoms with Gasteiger partial charge in [-0.25, -0.2) is 4.79 Å². The highest BCUT2D eigenvalue weighted by molar-refractivity contribution is 8.00. The van der Waals surface area contributed by atoms with Crippen LogP contribution in [0.5, 0.6) is 0 Å². The highest BCUT2D eigenvalue weighted by atomic mass is 35.5. The molecule has 36 heavy (non-hydrogen) atoms. The van der Waals surface area contributed by atoms with Gasteiger partial charge in [-0.1, -0.05) is 48.0 Å². The van der Waals surface area contributed by atoms with Gasteiger partial charge in [0, 0.05) is 26.9 Å². The fourth-order valence-corrected chi connectivity index (χ4v) is 4.61. The first-order valence-electron chi connectivity index (χ1n) is 10.9. The largest absolute Gasteiger partial charge is 0.478 e. The van der Waals surface area contributed by atoms with Crippen LogP contribution >= 0.6 is 23.4 Å². The van der Waals surface area contributed by atoms with Crippen LogP contribution in [0.4, 0.5) is 11.4 Å². The van der Waals surface area contributed by atoms with Gasteiger partial charge >= 0.3 is 5.97 Å². The van der Waals surface area contributed by atoms with Crippen molar-refractivity contribution in [3.63, 3.8) is 0 Å². The molecule has 0 radical (unpaired) electrons. The summed E-state index contributed by atoms with van der Waals surface area (Å²) >= 11 is 7.34. The Kier molecular flexibility index (Phi) is 8.05. The zero-order chi connectivity index (χ0) is 25.5. The lowest BCUT2D eigenvalue weighted by molar-refractivity contribution is -0.115. The number of halogens is 1. The number of carbonyl (C=O) groups is 3. The number of hydrogen-bond acceptors (Lipinski definition) is 4. The Morgan fingerprint density at radius 2 is 1.36 bits per heavy atom. The minimum atomic E-state index is -1.03. The van der Waals surface area contributed by atoms with Crippen molar-refractivity contribution in [1.82, 2.24) is 0 Å². The first-order valence-corrected chi connectivity index (χ1v) is 12.2. The molecule has 0 heterocycles. The maximum absolute atomic E-state index is 13.2. The molecule has 4 aromatic rings. The van der Waals surface area contributed by atoms with E-state index in [0.717, 1.165) is 10.5 Å². The van der Waals surface area contributed by atoms with E-state index in [1.54, 1.807) is 48.5 Å². The summed E-state index contributed by atoms with van der Waals surface area (Å²) in [6.07, 6.45) is 0. The van der Waals surface area contributed by atoms with Gasteiger partial charge in [0.25, 0.3) is 5.91 Å². The lowest BCUT2D eigenvalue weighted by Gasteiger charge is -2.17. The summed E-state index contributed by atoms with van der Waals surface area (Å²) in [5, 5.41) is 14.7. The third-order valence-corrected chi connectivity index (χ3v) is 6.69. The maximum atomic E-state index is 13.2. The van der Waals surface area contributed by atoms with Crippen LogP contribution in [0.2, 0.25) is 5.02 Å². The summed E-state index contributed by atoms with van der Waals surface area (Å²) < 4.78 is 0. The molecular formula is C28H21ClN2O4S. The molecule has 1 unspecified atom stereocenters. The normalized spacial score (nSPS) is 11.4. The molecule has 0 spiro atoms. The average molecular weight is 517 g/mol. The highest BCUT2D eigenvalue weighted by Gasteiger charge is 2.22. The molecule has 0 aliphatic carbocycles. The van der Waals surface area contributed by atoms with Gasteiger partial charge in [-0.05, 0) is 72.3 Å². The number of carboxylic acids is 1. The Labute approximate surface area is 217 Å². The first-order chi connectivity index (χ1) is 17.4. The van der Waals surface area contributed by atoms with Gasteiger partial charge < -0.3 is 15.7 Å². The summed E-state index contributed by atoms with van der Waals surface area (Å²) in [5.41, 5.74) is 2.54. The van der Waals surface area contributed by atoms with Crippen molar-refractivity contribution in [2.75, 3.05) is 10.6 Å². The van der Waals surface area contributed by atoms with Gasteiger partial charge in [0.05, 0.1) is 5.56 Å². The van der Waals surface area contributed by atoms with Crippen molar-refractivity contribution in [1.29, 1.82) is 0 Å². The summed E-state index contributed by atoms with van der Waals surface area (Å²) in [6.45, 7) is 0. The minimum Gasteiger partial charge on any atom is -0.478 e. The van der Waals surface area contributed by atoms with E-state index in [9.17, 15) is 14.4 Å². The van der Waals surface area contributed by atoms with Gasteiger partial charge in [0.2, 0.25) is 5.91 Å².